The number of carbonyl (C=O) groups is 1. The maximum atomic E-state index is 10.7. The van der Waals surface area contributed by atoms with Gasteiger partial charge in [0, 0.05) is 0 Å². The fourth-order valence-electron chi connectivity index (χ4n) is 1.74. The van der Waals surface area contributed by atoms with Crippen LogP contribution in [-0.2, 0) is 0 Å². The molecule has 0 saturated heterocycles. The van der Waals surface area contributed by atoms with E-state index in [0.717, 1.165) is 18.4 Å². The van der Waals surface area contributed by atoms with Crippen LogP contribution in [-0.4, -0.2) is 17.7 Å². The van der Waals surface area contributed by atoms with Crippen molar-refractivity contribution < 1.29 is 9.90 Å². The van der Waals surface area contributed by atoms with Gasteiger partial charge in [-0.2, -0.15) is 0 Å². The first kappa shape index (κ1) is 13.9. The lowest BCUT2D eigenvalue weighted by Crippen LogP contribution is -2.26. The summed E-state index contributed by atoms with van der Waals surface area (Å²) in [6.07, 6.45) is 1.32. The highest BCUT2D eigenvalue weighted by Crippen LogP contribution is 2.19. The van der Waals surface area contributed by atoms with Crippen molar-refractivity contribution in [1.29, 1.82) is 5.53 Å². The lowest BCUT2D eigenvalue weighted by molar-refractivity contribution is 0.189. The minimum Gasteiger partial charge on any atom is -0.465 e. The number of hydrogen-bond donors (Lipinski definition) is 3. The summed E-state index contributed by atoms with van der Waals surface area (Å²) in [6, 6.07) is 9.29. The molecule has 0 saturated carbocycles. The van der Waals surface area contributed by atoms with Gasteiger partial charge in [-0.1, -0.05) is 30.3 Å². The minimum atomic E-state index is -1.02. The molecular formula is C12H17N4O2+. The van der Waals surface area contributed by atoms with Gasteiger partial charge in [-0.3, -0.25) is 0 Å². The summed E-state index contributed by atoms with van der Waals surface area (Å²) in [5.41, 5.74) is 7.48. The Bertz CT molecular complexity index is 415. The SMILES string of the molecule is N=[N+]=NCCCCC(NC(=O)O)c1ccccc1. The van der Waals surface area contributed by atoms with Crippen LogP contribution in [0, 0.1) is 5.53 Å². The van der Waals surface area contributed by atoms with Crippen LogP contribution in [0.3, 0.4) is 0 Å². The number of amides is 1. The van der Waals surface area contributed by atoms with Gasteiger partial charge in [0.25, 0.3) is 0 Å². The second kappa shape index (κ2) is 7.97. The van der Waals surface area contributed by atoms with Crippen LogP contribution in [0.4, 0.5) is 4.79 Å². The Morgan fingerprint density at radius 2 is 2.11 bits per heavy atom. The zero-order valence-electron chi connectivity index (χ0n) is 10.0. The zero-order valence-corrected chi connectivity index (χ0v) is 10.0. The van der Waals surface area contributed by atoms with E-state index in [1.807, 2.05) is 30.3 Å². The lowest BCUT2D eigenvalue weighted by atomic mass is 10.0. The van der Waals surface area contributed by atoms with E-state index in [-0.39, 0.29) is 6.04 Å². The molecule has 0 aliphatic heterocycles. The summed E-state index contributed by atoms with van der Waals surface area (Å²) in [5.74, 6) is 0. The van der Waals surface area contributed by atoms with Gasteiger partial charge in [-0.25, -0.2) is 4.79 Å². The number of nitrogens with one attached hydrogen (secondary N) is 2. The molecule has 1 aromatic carbocycles. The average Bonchev–Trinajstić information content (AvgIpc) is 2.38. The highest BCUT2D eigenvalue weighted by Gasteiger charge is 2.13. The van der Waals surface area contributed by atoms with Crippen molar-refractivity contribution in [2.75, 3.05) is 6.54 Å². The van der Waals surface area contributed by atoms with Crippen molar-refractivity contribution in [1.82, 2.24) is 10.2 Å². The number of rotatable bonds is 7. The van der Waals surface area contributed by atoms with Crippen LogP contribution in [0.1, 0.15) is 30.9 Å². The van der Waals surface area contributed by atoms with Crippen molar-refractivity contribution >= 4 is 6.09 Å². The van der Waals surface area contributed by atoms with Crippen LogP contribution < -0.4 is 10.2 Å². The maximum Gasteiger partial charge on any atom is 0.405 e. The molecule has 0 bridgehead atoms. The van der Waals surface area contributed by atoms with E-state index in [2.05, 4.69) is 15.3 Å². The standard InChI is InChI=1S/C12H16N4O2/c13-16-14-9-5-4-8-11(15-12(17)18)10-6-2-1-3-7-10/h1-3,6-7,11,13,15H,4-5,8-9H2/p+1. The Hall–Kier alpha value is -2.20. The van der Waals surface area contributed by atoms with E-state index in [9.17, 15) is 4.79 Å². The van der Waals surface area contributed by atoms with Crippen molar-refractivity contribution in [3.63, 3.8) is 0 Å². The maximum absolute atomic E-state index is 10.7. The second-order valence-electron chi connectivity index (χ2n) is 3.87. The number of carboxylic acid groups (broad SMARTS) is 1. The Balaban J connectivity index is 2.51. The molecule has 3 N–H and O–H groups in total. The third kappa shape index (κ3) is 5.23. The van der Waals surface area contributed by atoms with Gasteiger partial charge >= 0.3 is 6.09 Å². The fraction of sp³-hybridized carbons (Fsp3) is 0.417. The molecule has 0 aliphatic rings. The van der Waals surface area contributed by atoms with E-state index in [4.69, 9.17) is 10.6 Å². The molecule has 0 spiro atoms. The van der Waals surface area contributed by atoms with Gasteiger partial charge in [0.2, 0.25) is 4.91 Å². The molecular weight excluding hydrogens is 232 g/mol. The molecule has 0 fully saturated rings. The molecule has 0 heterocycles. The molecule has 0 aliphatic carbocycles. The first-order chi connectivity index (χ1) is 8.74. The molecule has 1 rings (SSSR count). The molecule has 1 unspecified atom stereocenters. The Morgan fingerprint density at radius 1 is 1.39 bits per heavy atom. The van der Waals surface area contributed by atoms with Crippen LogP contribution >= 0.6 is 0 Å². The third-order valence-electron chi connectivity index (χ3n) is 2.57. The highest BCUT2D eigenvalue weighted by atomic mass is 16.4. The number of unbranched alkanes of at least 4 members (excludes halogenated alkanes) is 1. The smallest absolute Gasteiger partial charge is 0.405 e. The summed E-state index contributed by atoms with van der Waals surface area (Å²) in [6.45, 7) is 0.512. The van der Waals surface area contributed by atoms with Crippen molar-refractivity contribution in [3.8, 4) is 0 Å². The number of nitrogens with zero attached hydrogens (tertiary/aromatic N) is 2. The molecule has 1 amide bonds. The van der Waals surface area contributed by atoms with Gasteiger partial charge in [0.15, 0.2) is 0 Å². The van der Waals surface area contributed by atoms with Gasteiger partial charge in [0.1, 0.15) is 17.2 Å². The molecule has 6 nitrogen and oxygen atoms in total. The summed E-state index contributed by atoms with van der Waals surface area (Å²) >= 11 is 0. The zero-order chi connectivity index (χ0) is 13.2. The Labute approximate surface area is 105 Å². The molecule has 0 radical (unpaired) electrons. The van der Waals surface area contributed by atoms with Gasteiger partial charge < -0.3 is 10.4 Å². The summed E-state index contributed by atoms with van der Waals surface area (Å²) < 4.78 is 0. The normalized spacial score (nSPS) is 11.3. The number of hydrogen-bond acceptors (Lipinski definition) is 3. The minimum absolute atomic E-state index is 0.198. The topological polar surface area (TPSA) is 99.6 Å². The monoisotopic (exact) mass is 249 g/mol. The first-order valence-corrected chi connectivity index (χ1v) is 5.81. The summed E-state index contributed by atoms with van der Waals surface area (Å²) in [5, 5.41) is 14.9. The van der Waals surface area contributed by atoms with E-state index >= 15 is 0 Å². The molecule has 1 atom stereocenters. The Morgan fingerprint density at radius 3 is 2.72 bits per heavy atom. The largest absolute Gasteiger partial charge is 0.465 e. The fourth-order valence-corrected chi connectivity index (χ4v) is 1.74. The molecule has 0 aromatic heterocycles. The third-order valence-corrected chi connectivity index (χ3v) is 2.57. The van der Waals surface area contributed by atoms with Gasteiger partial charge in [-0.15, -0.1) is 0 Å². The van der Waals surface area contributed by atoms with Crippen molar-refractivity contribution in [2.24, 2.45) is 5.11 Å². The average molecular weight is 249 g/mol. The molecule has 1 aromatic rings. The van der Waals surface area contributed by atoms with Crippen molar-refractivity contribution in [2.45, 2.75) is 25.3 Å². The molecule has 18 heavy (non-hydrogen) atoms. The van der Waals surface area contributed by atoms with Crippen LogP contribution in [0.5, 0.6) is 0 Å². The van der Waals surface area contributed by atoms with Gasteiger partial charge in [-0.05, 0) is 24.8 Å². The van der Waals surface area contributed by atoms with E-state index in [1.165, 1.54) is 0 Å². The van der Waals surface area contributed by atoms with E-state index in [1.54, 1.807) is 0 Å². The quantitative estimate of drug-likeness (QED) is 0.393. The lowest BCUT2D eigenvalue weighted by Gasteiger charge is -2.16. The predicted molar refractivity (Wildman–Crippen MR) is 66.3 cm³/mol. The Kier molecular flexibility index (Phi) is 6.14. The van der Waals surface area contributed by atoms with Crippen molar-refractivity contribution in [3.05, 3.63) is 35.9 Å². The number of benzene rings is 1. The van der Waals surface area contributed by atoms with Gasteiger partial charge in [0.05, 0.1) is 6.04 Å². The molecule has 96 valence electrons. The molecule has 6 heteroatoms. The highest BCUT2D eigenvalue weighted by molar-refractivity contribution is 5.65. The summed E-state index contributed by atoms with van der Waals surface area (Å²) in [7, 11) is 0. The van der Waals surface area contributed by atoms with E-state index < -0.39 is 6.09 Å². The van der Waals surface area contributed by atoms with Crippen LogP contribution in [0.25, 0.3) is 0 Å². The second-order valence-corrected chi connectivity index (χ2v) is 3.87. The van der Waals surface area contributed by atoms with Crippen LogP contribution in [0.2, 0.25) is 0 Å². The van der Waals surface area contributed by atoms with Crippen LogP contribution in [0.15, 0.2) is 35.4 Å². The first-order valence-electron chi connectivity index (χ1n) is 5.81. The van der Waals surface area contributed by atoms with E-state index in [0.29, 0.717) is 13.0 Å². The summed E-state index contributed by atoms with van der Waals surface area (Å²) in [4.78, 5) is 13.7. The predicted octanol–water partition coefficient (Wildman–Crippen LogP) is 2.72.